The molecule has 0 aromatic heterocycles. The Bertz CT molecular complexity index is 548. The molecule has 1 saturated heterocycles. The van der Waals surface area contributed by atoms with Gasteiger partial charge in [0.15, 0.2) is 17.4 Å². The summed E-state index contributed by atoms with van der Waals surface area (Å²) in [5.74, 6) is -2.15. The number of carbonyl (C=O) groups excluding carboxylic acids is 1. The van der Waals surface area contributed by atoms with Crippen LogP contribution in [-0.2, 0) is 11.2 Å². The predicted molar refractivity (Wildman–Crippen MR) is 83.1 cm³/mol. The van der Waals surface area contributed by atoms with E-state index in [0.717, 1.165) is 12.8 Å². The molecule has 0 saturated carbocycles. The smallest absolute Gasteiger partial charge is 0.239 e. The Morgan fingerprint density at radius 3 is 2.62 bits per heavy atom. The van der Waals surface area contributed by atoms with Crippen LogP contribution < -0.4 is 10.5 Å². The molecule has 0 bridgehead atoms. The molecule has 1 heterocycles. The molecule has 1 aliphatic rings. The van der Waals surface area contributed by atoms with E-state index in [4.69, 9.17) is 10.5 Å². The van der Waals surface area contributed by atoms with E-state index in [0.29, 0.717) is 13.1 Å². The summed E-state index contributed by atoms with van der Waals surface area (Å²) in [6, 6.07) is 0.536. The number of carbonyl (C=O) groups is 1. The van der Waals surface area contributed by atoms with Gasteiger partial charge in [-0.1, -0.05) is 0 Å². The number of amides is 1. The van der Waals surface area contributed by atoms with E-state index in [2.05, 4.69) is 0 Å². The van der Waals surface area contributed by atoms with Crippen LogP contribution in [0.5, 0.6) is 5.75 Å². The van der Waals surface area contributed by atoms with Gasteiger partial charge in [0.25, 0.3) is 0 Å². The average Bonchev–Trinajstić information content (AvgIpc) is 2.98. The molecule has 21 heavy (non-hydrogen) atoms. The van der Waals surface area contributed by atoms with Crippen molar-refractivity contribution in [1.82, 2.24) is 4.90 Å². The summed E-state index contributed by atoms with van der Waals surface area (Å²) in [4.78, 5) is 13.8. The van der Waals surface area contributed by atoms with Crippen molar-refractivity contribution in [2.24, 2.45) is 5.73 Å². The summed E-state index contributed by atoms with van der Waals surface area (Å²) in [6.07, 6.45) is 1.96. The molecule has 7 heteroatoms. The van der Waals surface area contributed by atoms with E-state index in [1.165, 1.54) is 13.2 Å². The number of hydrogen-bond donors (Lipinski definition) is 1. The van der Waals surface area contributed by atoms with Gasteiger partial charge in [-0.25, -0.2) is 8.78 Å². The van der Waals surface area contributed by atoms with Crippen molar-refractivity contribution in [2.75, 3.05) is 20.2 Å². The Labute approximate surface area is 135 Å². The topological polar surface area (TPSA) is 55.6 Å². The van der Waals surface area contributed by atoms with Gasteiger partial charge in [0.2, 0.25) is 5.91 Å². The highest BCUT2D eigenvalue weighted by Gasteiger charge is 2.26. The van der Waals surface area contributed by atoms with E-state index in [1.807, 2.05) is 0 Å². The van der Waals surface area contributed by atoms with Crippen LogP contribution in [0.4, 0.5) is 8.78 Å². The number of likely N-dealkylation sites (tertiary alicyclic amines) is 1. The van der Waals surface area contributed by atoms with E-state index in [9.17, 15) is 13.6 Å². The minimum Gasteiger partial charge on any atom is -0.491 e. The Morgan fingerprint density at radius 2 is 2.05 bits per heavy atom. The molecule has 1 aromatic rings. The van der Waals surface area contributed by atoms with Crippen LogP contribution in [0.1, 0.15) is 18.4 Å². The average molecular weight is 410 g/mol. The number of halogens is 3. The van der Waals surface area contributed by atoms with Gasteiger partial charge < -0.3 is 15.4 Å². The Balaban J connectivity index is 2.19. The number of benzene rings is 1. The minimum absolute atomic E-state index is 0.0216. The van der Waals surface area contributed by atoms with Crippen LogP contribution in [0.15, 0.2) is 6.07 Å². The molecule has 0 aliphatic carbocycles. The number of rotatable bonds is 4. The maximum absolute atomic E-state index is 14.2. The van der Waals surface area contributed by atoms with Crippen molar-refractivity contribution in [2.45, 2.75) is 25.3 Å². The van der Waals surface area contributed by atoms with Gasteiger partial charge >= 0.3 is 0 Å². The van der Waals surface area contributed by atoms with Gasteiger partial charge in [-0.3, -0.25) is 4.79 Å². The molecule has 0 spiro atoms. The molecule has 2 N–H and O–H groups in total. The summed E-state index contributed by atoms with van der Waals surface area (Å²) in [5.41, 5.74) is 6.08. The molecular formula is C14H17F2IN2O2. The minimum atomic E-state index is -0.830. The first-order valence-electron chi connectivity index (χ1n) is 6.70. The molecule has 4 nitrogen and oxygen atoms in total. The molecule has 1 fully saturated rings. The van der Waals surface area contributed by atoms with Crippen LogP contribution in [0.2, 0.25) is 0 Å². The SMILES string of the molecule is COc1c(F)c(I)cc(CC(N)C(=O)N2CCCC2)c1F. The summed E-state index contributed by atoms with van der Waals surface area (Å²) < 4.78 is 32.9. The van der Waals surface area contributed by atoms with Gasteiger partial charge in [-0.2, -0.15) is 0 Å². The highest BCUT2D eigenvalue weighted by molar-refractivity contribution is 14.1. The molecular weight excluding hydrogens is 393 g/mol. The maximum atomic E-state index is 14.2. The predicted octanol–water partition coefficient (Wildman–Crippen LogP) is 2.07. The van der Waals surface area contributed by atoms with Gasteiger partial charge in [-0.15, -0.1) is 0 Å². The summed E-state index contributed by atoms with van der Waals surface area (Å²) in [7, 11) is 1.21. The quantitative estimate of drug-likeness (QED) is 0.611. The van der Waals surface area contributed by atoms with Gasteiger partial charge in [0, 0.05) is 13.1 Å². The third-order valence-corrected chi connectivity index (χ3v) is 4.36. The van der Waals surface area contributed by atoms with Crippen molar-refractivity contribution in [3.05, 3.63) is 26.8 Å². The second-order valence-electron chi connectivity index (χ2n) is 5.02. The summed E-state index contributed by atoms with van der Waals surface area (Å²) in [6.45, 7) is 1.39. The lowest BCUT2D eigenvalue weighted by molar-refractivity contribution is -0.131. The number of hydrogen-bond acceptors (Lipinski definition) is 3. The molecule has 1 aromatic carbocycles. The molecule has 2 rings (SSSR count). The fourth-order valence-electron chi connectivity index (χ4n) is 2.45. The van der Waals surface area contributed by atoms with E-state index >= 15 is 0 Å². The van der Waals surface area contributed by atoms with Gasteiger partial charge in [-0.05, 0) is 53.5 Å². The van der Waals surface area contributed by atoms with Crippen molar-refractivity contribution >= 4 is 28.5 Å². The highest BCUT2D eigenvalue weighted by atomic mass is 127. The van der Waals surface area contributed by atoms with E-state index in [-0.39, 0.29) is 21.5 Å². The largest absolute Gasteiger partial charge is 0.491 e. The first-order valence-corrected chi connectivity index (χ1v) is 7.78. The monoisotopic (exact) mass is 410 g/mol. The van der Waals surface area contributed by atoms with Crippen LogP contribution in [0.25, 0.3) is 0 Å². The lowest BCUT2D eigenvalue weighted by Gasteiger charge is -2.20. The number of nitrogens with two attached hydrogens (primary N) is 1. The fraction of sp³-hybridized carbons (Fsp3) is 0.500. The fourth-order valence-corrected chi connectivity index (χ4v) is 3.08. The van der Waals surface area contributed by atoms with Gasteiger partial charge in [0.05, 0.1) is 16.7 Å². The van der Waals surface area contributed by atoms with Crippen LogP contribution >= 0.6 is 22.6 Å². The zero-order valence-electron chi connectivity index (χ0n) is 11.7. The van der Waals surface area contributed by atoms with Crippen molar-refractivity contribution in [3.8, 4) is 5.75 Å². The van der Waals surface area contributed by atoms with Crippen LogP contribution in [-0.4, -0.2) is 37.0 Å². The molecule has 1 amide bonds. The number of nitrogens with zero attached hydrogens (tertiary/aromatic N) is 1. The Morgan fingerprint density at radius 1 is 1.43 bits per heavy atom. The Kier molecular flexibility index (Phi) is 5.37. The zero-order chi connectivity index (χ0) is 15.6. The lowest BCUT2D eigenvalue weighted by atomic mass is 10.0. The van der Waals surface area contributed by atoms with Crippen LogP contribution in [0, 0.1) is 15.2 Å². The molecule has 116 valence electrons. The molecule has 1 unspecified atom stereocenters. The third-order valence-electron chi connectivity index (χ3n) is 3.57. The second-order valence-corrected chi connectivity index (χ2v) is 6.18. The van der Waals surface area contributed by atoms with Gasteiger partial charge in [0.1, 0.15) is 0 Å². The Hall–Kier alpha value is -0.960. The summed E-state index contributed by atoms with van der Waals surface area (Å²) >= 11 is 1.76. The van der Waals surface area contributed by atoms with E-state index < -0.39 is 23.4 Å². The number of ether oxygens (including phenoxy) is 1. The van der Waals surface area contributed by atoms with Crippen LogP contribution in [0.3, 0.4) is 0 Å². The number of methoxy groups -OCH3 is 1. The lowest BCUT2D eigenvalue weighted by Crippen LogP contribution is -2.43. The first-order chi connectivity index (χ1) is 9.95. The standard InChI is InChI=1S/C14H17F2IN2O2/c1-21-13-11(15)8(6-9(17)12(13)16)7-10(18)14(20)19-4-2-3-5-19/h6,10H,2-5,7,18H2,1H3. The molecule has 0 radical (unpaired) electrons. The molecule has 1 aliphatic heterocycles. The second kappa shape index (κ2) is 6.87. The van der Waals surface area contributed by atoms with Crippen molar-refractivity contribution in [1.29, 1.82) is 0 Å². The van der Waals surface area contributed by atoms with Crippen molar-refractivity contribution < 1.29 is 18.3 Å². The third kappa shape index (κ3) is 3.45. The van der Waals surface area contributed by atoms with Crippen molar-refractivity contribution in [3.63, 3.8) is 0 Å². The normalized spacial score (nSPS) is 16.1. The van der Waals surface area contributed by atoms with E-state index in [1.54, 1.807) is 27.5 Å². The first kappa shape index (κ1) is 16.4. The summed E-state index contributed by atoms with van der Waals surface area (Å²) in [5, 5.41) is 0. The zero-order valence-corrected chi connectivity index (χ0v) is 13.8. The molecule has 1 atom stereocenters. The maximum Gasteiger partial charge on any atom is 0.239 e. The highest BCUT2D eigenvalue weighted by Crippen LogP contribution is 2.29.